The van der Waals surface area contributed by atoms with Crippen molar-refractivity contribution >= 4 is 34.8 Å². The van der Waals surface area contributed by atoms with Gasteiger partial charge in [-0.15, -0.1) is 0 Å². The van der Waals surface area contributed by atoms with E-state index in [4.69, 9.17) is 40.5 Å². The summed E-state index contributed by atoms with van der Waals surface area (Å²) in [5.41, 5.74) is 5.82. The fraction of sp³-hybridized carbons (Fsp3) is 0.250. The Balaban J connectivity index is 3.25. The normalized spacial score (nSPS) is 13.0. The second-order valence-corrected chi connectivity index (χ2v) is 3.71. The molecule has 0 aromatic heterocycles. The average Bonchev–Trinajstić information content (AvgIpc) is 2.12. The first-order valence-electron chi connectivity index (χ1n) is 3.53. The predicted molar refractivity (Wildman–Crippen MR) is 54.4 cm³/mol. The lowest BCUT2D eigenvalue weighted by Crippen LogP contribution is -2.13. The summed E-state index contributed by atoms with van der Waals surface area (Å²) in [5.74, 6) is 0. The Morgan fingerprint density at radius 2 is 1.77 bits per heavy atom. The molecule has 13 heavy (non-hydrogen) atoms. The highest BCUT2D eigenvalue weighted by Crippen LogP contribution is 2.34. The van der Waals surface area contributed by atoms with Crippen LogP contribution in [0.1, 0.15) is 11.6 Å². The molecule has 1 atom stereocenters. The maximum Gasteiger partial charge on any atom is 0.109 e. The standard InChI is InChI=1S/C8H7Cl3FN/c9-4-1-2-5(10)8(11)7(4)6(13)3-12/h1-2,6H,3,13H2. The summed E-state index contributed by atoms with van der Waals surface area (Å²) < 4.78 is 12.3. The Kier molecular flexibility index (Phi) is 3.80. The number of hydrogen-bond donors (Lipinski definition) is 1. The van der Waals surface area contributed by atoms with Crippen LogP contribution >= 0.6 is 34.8 Å². The van der Waals surface area contributed by atoms with Gasteiger partial charge in [-0.25, -0.2) is 4.39 Å². The van der Waals surface area contributed by atoms with Gasteiger partial charge in [-0.05, 0) is 12.1 Å². The zero-order valence-corrected chi connectivity index (χ0v) is 8.80. The van der Waals surface area contributed by atoms with E-state index in [-0.39, 0.29) is 5.02 Å². The molecule has 1 aromatic carbocycles. The smallest absolute Gasteiger partial charge is 0.109 e. The van der Waals surface area contributed by atoms with Crippen molar-refractivity contribution in [3.05, 3.63) is 32.8 Å². The molecule has 0 aliphatic heterocycles. The van der Waals surface area contributed by atoms with Gasteiger partial charge in [-0.2, -0.15) is 0 Å². The van der Waals surface area contributed by atoms with Gasteiger partial charge in [0.15, 0.2) is 0 Å². The monoisotopic (exact) mass is 241 g/mol. The van der Waals surface area contributed by atoms with Crippen LogP contribution in [-0.2, 0) is 0 Å². The van der Waals surface area contributed by atoms with Gasteiger partial charge in [0.1, 0.15) is 6.67 Å². The van der Waals surface area contributed by atoms with Crippen LogP contribution in [0.2, 0.25) is 15.1 Å². The molecule has 0 aliphatic rings. The zero-order valence-electron chi connectivity index (χ0n) is 6.53. The molecular weight excluding hydrogens is 235 g/mol. The van der Waals surface area contributed by atoms with Gasteiger partial charge in [0.2, 0.25) is 0 Å². The van der Waals surface area contributed by atoms with E-state index in [2.05, 4.69) is 0 Å². The third-order valence-corrected chi connectivity index (χ3v) is 2.76. The van der Waals surface area contributed by atoms with E-state index in [1.165, 1.54) is 0 Å². The van der Waals surface area contributed by atoms with Crippen LogP contribution in [0.15, 0.2) is 12.1 Å². The maximum absolute atomic E-state index is 12.3. The molecule has 72 valence electrons. The summed E-state index contributed by atoms with van der Waals surface area (Å²) >= 11 is 17.3. The SMILES string of the molecule is NC(CF)c1c(Cl)ccc(Cl)c1Cl. The van der Waals surface area contributed by atoms with E-state index in [1.54, 1.807) is 12.1 Å². The Bertz CT molecular complexity index is 317. The third-order valence-electron chi connectivity index (χ3n) is 1.62. The number of nitrogens with two attached hydrogens (primary N) is 1. The van der Waals surface area contributed by atoms with Crippen molar-refractivity contribution in [3.63, 3.8) is 0 Å². The van der Waals surface area contributed by atoms with Gasteiger partial charge in [0, 0.05) is 10.6 Å². The van der Waals surface area contributed by atoms with Crippen LogP contribution in [0.3, 0.4) is 0 Å². The summed E-state index contributed by atoms with van der Waals surface area (Å²) in [6, 6.07) is 2.26. The molecule has 0 spiro atoms. The lowest BCUT2D eigenvalue weighted by Gasteiger charge is -2.12. The number of alkyl halides is 1. The Hall–Kier alpha value is -0.0200. The van der Waals surface area contributed by atoms with Gasteiger partial charge >= 0.3 is 0 Å². The fourth-order valence-corrected chi connectivity index (χ4v) is 1.78. The van der Waals surface area contributed by atoms with E-state index in [0.29, 0.717) is 15.6 Å². The highest BCUT2D eigenvalue weighted by Gasteiger charge is 2.16. The molecule has 1 nitrogen and oxygen atoms in total. The van der Waals surface area contributed by atoms with Crippen LogP contribution in [0, 0.1) is 0 Å². The molecule has 5 heteroatoms. The van der Waals surface area contributed by atoms with Crippen molar-refractivity contribution in [3.8, 4) is 0 Å². The van der Waals surface area contributed by atoms with Crippen molar-refractivity contribution < 1.29 is 4.39 Å². The summed E-state index contributed by atoms with van der Waals surface area (Å²) in [4.78, 5) is 0. The molecule has 0 saturated heterocycles. The Labute approximate surface area is 90.6 Å². The first-order valence-corrected chi connectivity index (χ1v) is 4.66. The van der Waals surface area contributed by atoms with Crippen LogP contribution in [0.5, 0.6) is 0 Å². The molecule has 1 aromatic rings. The molecule has 0 bridgehead atoms. The number of hydrogen-bond acceptors (Lipinski definition) is 1. The van der Waals surface area contributed by atoms with Crippen LogP contribution in [0.4, 0.5) is 4.39 Å². The Morgan fingerprint density at radius 3 is 2.31 bits per heavy atom. The lowest BCUT2D eigenvalue weighted by molar-refractivity contribution is 0.437. The molecule has 0 fully saturated rings. The summed E-state index contributed by atoms with van der Waals surface area (Å²) in [5, 5.41) is 0.879. The predicted octanol–water partition coefficient (Wildman–Crippen LogP) is 3.62. The van der Waals surface area contributed by atoms with Crippen LogP contribution in [0.25, 0.3) is 0 Å². The molecule has 1 unspecified atom stereocenters. The zero-order chi connectivity index (χ0) is 10.0. The van der Waals surface area contributed by atoms with Crippen molar-refractivity contribution in [2.45, 2.75) is 6.04 Å². The Morgan fingerprint density at radius 1 is 1.23 bits per heavy atom. The van der Waals surface area contributed by atoms with Crippen LogP contribution in [-0.4, -0.2) is 6.67 Å². The molecule has 2 N–H and O–H groups in total. The molecule has 1 rings (SSSR count). The van der Waals surface area contributed by atoms with Gasteiger partial charge in [-0.3, -0.25) is 0 Å². The lowest BCUT2D eigenvalue weighted by atomic mass is 10.1. The summed E-state index contributed by atoms with van der Waals surface area (Å²) in [6.07, 6.45) is 0. The topological polar surface area (TPSA) is 26.0 Å². The van der Waals surface area contributed by atoms with E-state index in [1.807, 2.05) is 0 Å². The van der Waals surface area contributed by atoms with Crippen LogP contribution < -0.4 is 5.73 Å². The third kappa shape index (κ3) is 2.26. The second kappa shape index (κ2) is 4.47. The summed E-state index contributed by atoms with van der Waals surface area (Å²) in [6.45, 7) is -0.722. The first-order chi connectivity index (χ1) is 6.07. The first kappa shape index (κ1) is 11.1. The molecule has 0 heterocycles. The second-order valence-electron chi connectivity index (χ2n) is 2.52. The highest BCUT2D eigenvalue weighted by molar-refractivity contribution is 6.44. The van der Waals surface area contributed by atoms with Gasteiger partial charge < -0.3 is 5.73 Å². The van der Waals surface area contributed by atoms with Gasteiger partial charge in [-0.1, -0.05) is 34.8 Å². The number of benzene rings is 1. The van der Waals surface area contributed by atoms with Gasteiger partial charge in [0.05, 0.1) is 16.1 Å². The van der Waals surface area contributed by atoms with Crippen molar-refractivity contribution in [1.29, 1.82) is 0 Å². The van der Waals surface area contributed by atoms with E-state index in [0.717, 1.165) is 0 Å². The quantitative estimate of drug-likeness (QED) is 0.788. The highest BCUT2D eigenvalue weighted by atomic mass is 35.5. The molecule has 0 amide bonds. The number of halogens is 4. The van der Waals surface area contributed by atoms with Crippen molar-refractivity contribution in [2.75, 3.05) is 6.67 Å². The van der Waals surface area contributed by atoms with E-state index >= 15 is 0 Å². The molecular formula is C8H7Cl3FN. The fourth-order valence-electron chi connectivity index (χ4n) is 0.960. The molecule has 0 aliphatic carbocycles. The molecule has 0 saturated carbocycles. The van der Waals surface area contributed by atoms with E-state index < -0.39 is 12.7 Å². The van der Waals surface area contributed by atoms with E-state index in [9.17, 15) is 4.39 Å². The summed E-state index contributed by atoms with van der Waals surface area (Å²) in [7, 11) is 0. The minimum Gasteiger partial charge on any atom is -0.322 e. The maximum atomic E-state index is 12.3. The molecule has 0 radical (unpaired) electrons. The average molecular weight is 243 g/mol. The minimum absolute atomic E-state index is 0.222. The van der Waals surface area contributed by atoms with Crippen molar-refractivity contribution in [2.24, 2.45) is 5.73 Å². The van der Waals surface area contributed by atoms with Crippen molar-refractivity contribution in [1.82, 2.24) is 0 Å². The minimum atomic E-state index is -0.821. The largest absolute Gasteiger partial charge is 0.322 e. The number of rotatable bonds is 2. The van der Waals surface area contributed by atoms with Gasteiger partial charge in [0.25, 0.3) is 0 Å².